The minimum atomic E-state index is -0.410. The third-order valence-electron chi connectivity index (χ3n) is 4.63. The van der Waals surface area contributed by atoms with Crippen molar-refractivity contribution in [3.8, 4) is 0 Å². The monoisotopic (exact) mass is 331 g/mol. The first-order chi connectivity index (χ1) is 9.99. The molecule has 1 unspecified atom stereocenters. The third-order valence-corrected chi connectivity index (χ3v) is 5.24. The molecule has 0 radical (unpaired) electrons. The van der Waals surface area contributed by atoms with E-state index in [0.717, 1.165) is 5.56 Å². The number of hydrogen-bond donors (Lipinski definition) is 1. The SMILES string of the molecule is CC(N[C@@H](C)C1CCCCCC1)c1cc(F)c(Cl)cc1Cl. The highest BCUT2D eigenvalue weighted by Gasteiger charge is 2.22. The van der Waals surface area contributed by atoms with Crippen LogP contribution in [0.5, 0.6) is 0 Å². The molecule has 4 heteroatoms. The maximum Gasteiger partial charge on any atom is 0.142 e. The molecule has 1 saturated carbocycles. The minimum Gasteiger partial charge on any atom is -0.307 e. The molecule has 1 aliphatic rings. The molecular weight excluding hydrogens is 308 g/mol. The highest BCUT2D eigenvalue weighted by molar-refractivity contribution is 6.35. The first-order valence-electron chi connectivity index (χ1n) is 7.89. The van der Waals surface area contributed by atoms with Crippen LogP contribution < -0.4 is 5.32 Å². The van der Waals surface area contributed by atoms with Crippen LogP contribution in [0.2, 0.25) is 10.0 Å². The summed E-state index contributed by atoms with van der Waals surface area (Å²) in [6.07, 6.45) is 7.91. The number of benzene rings is 1. The summed E-state index contributed by atoms with van der Waals surface area (Å²) in [5.41, 5.74) is 0.777. The minimum absolute atomic E-state index is 0.0162. The Bertz CT molecular complexity index is 470. The van der Waals surface area contributed by atoms with Crippen LogP contribution in [0.4, 0.5) is 4.39 Å². The second kappa shape index (κ2) is 7.80. The van der Waals surface area contributed by atoms with Crippen molar-refractivity contribution in [3.05, 3.63) is 33.6 Å². The predicted molar refractivity (Wildman–Crippen MR) is 88.6 cm³/mol. The standard InChI is InChI=1S/C17H24Cl2FN/c1-11(13-7-5-3-4-6-8-13)21-12(2)14-9-17(20)16(19)10-15(14)18/h9-13,21H,3-8H2,1-2H3/t11-,12?/m0/s1. The molecule has 0 saturated heterocycles. The van der Waals surface area contributed by atoms with E-state index in [1.165, 1.54) is 50.7 Å². The Labute approximate surface area is 137 Å². The van der Waals surface area contributed by atoms with E-state index < -0.39 is 5.82 Å². The summed E-state index contributed by atoms with van der Waals surface area (Å²) in [5, 5.41) is 4.19. The van der Waals surface area contributed by atoms with E-state index in [9.17, 15) is 4.39 Å². The van der Waals surface area contributed by atoms with Gasteiger partial charge in [0.15, 0.2) is 0 Å². The Morgan fingerprint density at radius 3 is 2.29 bits per heavy atom. The molecule has 0 bridgehead atoms. The fourth-order valence-electron chi connectivity index (χ4n) is 3.30. The van der Waals surface area contributed by atoms with Crippen LogP contribution in [0.1, 0.15) is 64.0 Å². The van der Waals surface area contributed by atoms with Crippen molar-refractivity contribution in [1.29, 1.82) is 0 Å². The van der Waals surface area contributed by atoms with E-state index in [0.29, 0.717) is 17.0 Å². The molecule has 118 valence electrons. The van der Waals surface area contributed by atoms with Crippen LogP contribution in [0.25, 0.3) is 0 Å². The predicted octanol–water partition coefficient (Wildman–Crippen LogP) is 6.14. The zero-order chi connectivity index (χ0) is 15.4. The molecule has 2 atom stereocenters. The van der Waals surface area contributed by atoms with Gasteiger partial charge in [0.25, 0.3) is 0 Å². The van der Waals surface area contributed by atoms with E-state index in [2.05, 4.69) is 12.2 Å². The molecule has 0 spiro atoms. The van der Waals surface area contributed by atoms with E-state index in [-0.39, 0.29) is 11.1 Å². The molecule has 0 heterocycles. The van der Waals surface area contributed by atoms with Crippen molar-refractivity contribution in [3.63, 3.8) is 0 Å². The Morgan fingerprint density at radius 2 is 1.67 bits per heavy atom. The summed E-state index contributed by atoms with van der Waals surface area (Å²) in [4.78, 5) is 0. The fraction of sp³-hybridized carbons (Fsp3) is 0.647. The summed E-state index contributed by atoms with van der Waals surface area (Å²) in [5.74, 6) is 0.290. The Hall–Kier alpha value is -0.310. The van der Waals surface area contributed by atoms with Crippen molar-refractivity contribution in [2.45, 2.75) is 64.5 Å². The van der Waals surface area contributed by atoms with Gasteiger partial charge in [-0.05, 0) is 50.3 Å². The van der Waals surface area contributed by atoms with Gasteiger partial charge in [0.2, 0.25) is 0 Å². The summed E-state index contributed by atoms with van der Waals surface area (Å²) in [7, 11) is 0. The van der Waals surface area contributed by atoms with E-state index in [1.807, 2.05) is 6.92 Å². The van der Waals surface area contributed by atoms with Crippen molar-refractivity contribution in [2.24, 2.45) is 5.92 Å². The van der Waals surface area contributed by atoms with Crippen LogP contribution in [0.3, 0.4) is 0 Å². The summed E-state index contributed by atoms with van der Waals surface area (Å²) in [6, 6.07) is 3.36. The van der Waals surface area contributed by atoms with E-state index >= 15 is 0 Å². The maximum atomic E-state index is 13.6. The molecule has 1 aromatic rings. The molecule has 1 N–H and O–H groups in total. The fourth-order valence-corrected chi connectivity index (χ4v) is 3.85. The Morgan fingerprint density at radius 1 is 1.05 bits per heavy atom. The molecule has 0 amide bonds. The smallest absolute Gasteiger partial charge is 0.142 e. The molecule has 0 aliphatic heterocycles. The zero-order valence-corrected chi connectivity index (χ0v) is 14.3. The maximum absolute atomic E-state index is 13.6. The molecule has 1 aliphatic carbocycles. The van der Waals surface area contributed by atoms with Gasteiger partial charge in [-0.3, -0.25) is 0 Å². The van der Waals surface area contributed by atoms with Crippen molar-refractivity contribution in [1.82, 2.24) is 5.32 Å². The number of hydrogen-bond acceptors (Lipinski definition) is 1. The van der Waals surface area contributed by atoms with Crippen molar-refractivity contribution < 1.29 is 4.39 Å². The summed E-state index contributed by atoms with van der Waals surface area (Å²) in [6.45, 7) is 4.26. The molecule has 2 rings (SSSR count). The highest BCUT2D eigenvalue weighted by Crippen LogP contribution is 2.31. The van der Waals surface area contributed by atoms with Gasteiger partial charge in [-0.15, -0.1) is 0 Å². The average molecular weight is 332 g/mol. The van der Waals surface area contributed by atoms with Crippen LogP contribution in [0.15, 0.2) is 12.1 Å². The molecule has 21 heavy (non-hydrogen) atoms. The lowest BCUT2D eigenvalue weighted by Crippen LogP contribution is -2.35. The zero-order valence-electron chi connectivity index (χ0n) is 12.8. The van der Waals surface area contributed by atoms with Crippen molar-refractivity contribution in [2.75, 3.05) is 0 Å². The first kappa shape index (κ1) is 17.1. The van der Waals surface area contributed by atoms with Crippen LogP contribution in [0, 0.1) is 11.7 Å². The van der Waals surface area contributed by atoms with Crippen LogP contribution in [-0.2, 0) is 0 Å². The third kappa shape index (κ3) is 4.58. The summed E-state index contributed by atoms with van der Waals surface area (Å²) >= 11 is 12.0. The van der Waals surface area contributed by atoms with Gasteiger partial charge >= 0.3 is 0 Å². The largest absolute Gasteiger partial charge is 0.307 e. The van der Waals surface area contributed by atoms with Gasteiger partial charge in [-0.1, -0.05) is 48.9 Å². The van der Waals surface area contributed by atoms with E-state index in [1.54, 1.807) is 0 Å². The molecule has 1 nitrogen and oxygen atoms in total. The quantitative estimate of drug-likeness (QED) is 0.516. The first-order valence-corrected chi connectivity index (χ1v) is 8.65. The molecular formula is C17H24Cl2FN. The normalized spacial score (nSPS) is 20.0. The van der Waals surface area contributed by atoms with Gasteiger partial charge in [0.1, 0.15) is 5.82 Å². The molecule has 1 aromatic carbocycles. The molecule has 1 fully saturated rings. The highest BCUT2D eigenvalue weighted by atomic mass is 35.5. The lowest BCUT2D eigenvalue weighted by atomic mass is 9.92. The van der Waals surface area contributed by atoms with Gasteiger partial charge in [-0.25, -0.2) is 4.39 Å². The second-order valence-corrected chi connectivity index (χ2v) is 7.03. The summed E-state index contributed by atoms with van der Waals surface area (Å²) < 4.78 is 13.6. The lowest BCUT2D eigenvalue weighted by molar-refractivity contribution is 0.316. The van der Waals surface area contributed by atoms with Gasteiger partial charge in [0, 0.05) is 17.1 Å². The number of rotatable bonds is 4. The van der Waals surface area contributed by atoms with Gasteiger partial charge < -0.3 is 5.32 Å². The Balaban J connectivity index is 2.03. The average Bonchev–Trinajstić information content (AvgIpc) is 2.71. The lowest BCUT2D eigenvalue weighted by Gasteiger charge is -2.28. The van der Waals surface area contributed by atoms with Crippen molar-refractivity contribution >= 4 is 23.2 Å². The second-order valence-electron chi connectivity index (χ2n) is 6.22. The van der Waals surface area contributed by atoms with Gasteiger partial charge in [0.05, 0.1) is 5.02 Å². The number of nitrogens with one attached hydrogen (secondary N) is 1. The number of halogens is 3. The van der Waals surface area contributed by atoms with Crippen LogP contribution in [-0.4, -0.2) is 6.04 Å². The molecule has 0 aromatic heterocycles. The topological polar surface area (TPSA) is 12.0 Å². The van der Waals surface area contributed by atoms with E-state index in [4.69, 9.17) is 23.2 Å². The Kier molecular flexibility index (Phi) is 6.34. The van der Waals surface area contributed by atoms with Crippen LogP contribution >= 0.6 is 23.2 Å². The van der Waals surface area contributed by atoms with Gasteiger partial charge in [-0.2, -0.15) is 0 Å².